The molecule has 1 aliphatic rings. The molecule has 1 heterocycles. The molecule has 2 nitrogen and oxygen atoms in total. The molecule has 0 aromatic carbocycles. The maximum absolute atomic E-state index is 2.70. The minimum Gasteiger partial charge on any atom is -0.356 e. The van der Waals surface area contributed by atoms with Gasteiger partial charge in [-0.2, -0.15) is 0 Å². The summed E-state index contributed by atoms with van der Waals surface area (Å²) in [6.07, 6.45) is 45.5. The van der Waals surface area contributed by atoms with E-state index in [0.717, 1.165) is 0 Å². The highest BCUT2D eigenvalue weighted by Gasteiger charge is 2.24. The fraction of sp³-hybridized carbons (Fsp3) is 0.944. The van der Waals surface area contributed by atoms with Crippen molar-refractivity contribution in [1.29, 1.82) is 0 Å². The quantitative estimate of drug-likeness (QED) is 0.0848. The highest BCUT2D eigenvalue weighted by molar-refractivity contribution is 4.97. The van der Waals surface area contributed by atoms with Crippen LogP contribution < -0.4 is 0 Å². The Morgan fingerprint density at radius 1 is 0.342 bits per heavy atom. The molecule has 0 aromatic heterocycles. The molecule has 0 fully saturated rings. The van der Waals surface area contributed by atoms with Crippen LogP contribution in [0.15, 0.2) is 12.4 Å². The third-order valence-electron chi connectivity index (χ3n) is 8.82. The molecule has 1 rings (SSSR count). The summed E-state index contributed by atoms with van der Waals surface area (Å²) in [6, 6.07) is 0. The largest absolute Gasteiger partial charge is 0.356 e. The monoisotopic (exact) mass is 533 g/mol. The fourth-order valence-corrected chi connectivity index (χ4v) is 6.19. The van der Waals surface area contributed by atoms with Gasteiger partial charge < -0.3 is 9.80 Å². The van der Waals surface area contributed by atoms with Crippen LogP contribution in [0.3, 0.4) is 0 Å². The van der Waals surface area contributed by atoms with Crippen LogP contribution in [0.1, 0.15) is 201 Å². The Bertz CT molecular complexity index is 488. The Balaban J connectivity index is 2.16. The zero-order valence-corrected chi connectivity index (χ0v) is 26.8. The predicted molar refractivity (Wildman–Crippen MR) is 173 cm³/mol. The summed E-state index contributed by atoms with van der Waals surface area (Å²) < 4.78 is 0. The molecular weight excluding hydrogens is 460 g/mol. The number of unbranched alkanes of at least 4 members (excludes halogenated alkanes) is 24. The Labute approximate surface area is 241 Å². The van der Waals surface area contributed by atoms with Gasteiger partial charge in [0.15, 0.2) is 0 Å². The van der Waals surface area contributed by atoms with Gasteiger partial charge in [0.2, 0.25) is 0 Å². The summed E-state index contributed by atoms with van der Waals surface area (Å²) in [7, 11) is 0. The van der Waals surface area contributed by atoms with Crippen molar-refractivity contribution in [2.24, 2.45) is 0 Å². The van der Waals surface area contributed by atoms with E-state index in [-0.39, 0.29) is 0 Å². The van der Waals surface area contributed by atoms with Crippen molar-refractivity contribution in [3.63, 3.8) is 0 Å². The first-order chi connectivity index (χ1) is 18.8. The van der Waals surface area contributed by atoms with Gasteiger partial charge in [0.1, 0.15) is 6.17 Å². The van der Waals surface area contributed by atoms with E-state index >= 15 is 0 Å². The molecule has 2 heteroatoms. The molecule has 0 bridgehead atoms. The third kappa shape index (κ3) is 20.3. The van der Waals surface area contributed by atoms with Gasteiger partial charge in [0.25, 0.3) is 0 Å². The molecule has 0 N–H and O–H groups in total. The molecule has 0 aromatic rings. The molecular formula is C36H72N2. The summed E-state index contributed by atoms with van der Waals surface area (Å²) in [5.41, 5.74) is 0. The van der Waals surface area contributed by atoms with E-state index < -0.39 is 0 Å². The first-order valence-electron chi connectivity index (χ1n) is 18.0. The molecule has 226 valence electrons. The SMILES string of the molecule is CCCCCCCCCCCCCCCN1C=CN(CCCCCCCCCCC)C1CCCCCCC. The van der Waals surface area contributed by atoms with Gasteiger partial charge in [-0.05, 0) is 25.7 Å². The summed E-state index contributed by atoms with van der Waals surface area (Å²) in [4.78, 5) is 5.40. The summed E-state index contributed by atoms with van der Waals surface area (Å²) >= 11 is 0. The van der Waals surface area contributed by atoms with Crippen LogP contribution in [0.4, 0.5) is 0 Å². The molecule has 38 heavy (non-hydrogen) atoms. The fourth-order valence-electron chi connectivity index (χ4n) is 6.19. The Kier molecular flexibility index (Phi) is 26.0. The van der Waals surface area contributed by atoms with Crippen molar-refractivity contribution in [2.75, 3.05) is 13.1 Å². The van der Waals surface area contributed by atoms with Crippen molar-refractivity contribution in [1.82, 2.24) is 9.80 Å². The van der Waals surface area contributed by atoms with Gasteiger partial charge in [-0.25, -0.2) is 0 Å². The first-order valence-corrected chi connectivity index (χ1v) is 18.0. The number of nitrogens with zero attached hydrogens (tertiary/aromatic N) is 2. The van der Waals surface area contributed by atoms with E-state index in [1.807, 2.05) is 0 Å². The highest BCUT2D eigenvalue weighted by Crippen LogP contribution is 2.24. The molecule has 0 saturated carbocycles. The van der Waals surface area contributed by atoms with Crippen LogP contribution in [-0.2, 0) is 0 Å². The standard InChI is InChI=1S/C36H72N2/c1-4-7-10-13-15-17-18-19-20-22-24-27-30-33-38-35-34-37(36(38)31-28-25-12-9-6-3)32-29-26-23-21-16-14-11-8-5-2/h34-36H,4-33H2,1-3H3. The lowest BCUT2D eigenvalue weighted by Gasteiger charge is -2.33. The van der Waals surface area contributed by atoms with E-state index in [4.69, 9.17) is 0 Å². The lowest BCUT2D eigenvalue weighted by Crippen LogP contribution is -2.39. The van der Waals surface area contributed by atoms with E-state index in [9.17, 15) is 0 Å². The van der Waals surface area contributed by atoms with Gasteiger partial charge in [-0.1, -0.05) is 175 Å². The second kappa shape index (κ2) is 27.9. The van der Waals surface area contributed by atoms with Crippen molar-refractivity contribution in [3.8, 4) is 0 Å². The van der Waals surface area contributed by atoms with Crippen LogP contribution in [-0.4, -0.2) is 29.1 Å². The van der Waals surface area contributed by atoms with Crippen LogP contribution in [0.25, 0.3) is 0 Å². The molecule has 0 aliphatic carbocycles. The average molecular weight is 533 g/mol. The molecule has 1 unspecified atom stereocenters. The summed E-state index contributed by atoms with van der Waals surface area (Å²) in [5.74, 6) is 0. The van der Waals surface area contributed by atoms with Gasteiger partial charge in [0.05, 0.1) is 0 Å². The van der Waals surface area contributed by atoms with Gasteiger partial charge in [-0.15, -0.1) is 0 Å². The Morgan fingerprint density at radius 3 is 0.921 bits per heavy atom. The average Bonchev–Trinajstić information content (AvgIpc) is 3.31. The van der Waals surface area contributed by atoms with Gasteiger partial charge in [-0.3, -0.25) is 0 Å². The van der Waals surface area contributed by atoms with Crippen molar-refractivity contribution in [2.45, 2.75) is 207 Å². The maximum atomic E-state index is 2.70. The van der Waals surface area contributed by atoms with Crippen LogP contribution >= 0.6 is 0 Å². The lowest BCUT2D eigenvalue weighted by molar-refractivity contribution is 0.135. The van der Waals surface area contributed by atoms with Crippen molar-refractivity contribution >= 4 is 0 Å². The third-order valence-corrected chi connectivity index (χ3v) is 8.82. The Hall–Kier alpha value is -0.660. The smallest absolute Gasteiger partial charge is 0.101 e. The summed E-state index contributed by atoms with van der Waals surface area (Å²) in [6.45, 7) is 9.48. The second-order valence-corrected chi connectivity index (χ2v) is 12.5. The normalized spacial score (nSPS) is 15.3. The first kappa shape index (κ1) is 35.4. The van der Waals surface area contributed by atoms with Crippen LogP contribution in [0, 0.1) is 0 Å². The molecule has 0 amide bonds. The number of hydrogen-bond donors (Lipinski definition) is 0. The number of rotatable bonds is 30. The topological polar surface area (TPSA) is 6.48 Å². The van der Waals surface area contributed by atoms with E-state index in [0.29, 0.717) is 6.17 Å². The Morgan fingerprint density at radius 2 is 0.605 bits per heavy atom. The molecule has 1 atom stereocenters. The molecule has 1 aliphatic heterocycles. The van der Waals surface area contributed by atoms with E-state index in [1.54, 1.807) is 0 Å². The highest BCUT2D eigenvalue weighted by atomic mass is 15.4. The zero-order chi connectivity index (χ0) is 27.4. The lowest BCUT2D eigenvalue weighted by atomic mass is 10.0. The van der Waals surface area contributed by atoms with Crippen molar-refractivity contribution < 1.29 is 0 Å². The van der Waals surface area contributed by atoms with Gasteiger partial charge >= 0.3 is 0 Å². The van der Waals surface area contributed by atoms with Crippen molar-refractivity contribution in [3.05, 3.63) is 12.4 Å². The predicted octanol–water partition coefficient (Wildman–Crippen LogP) is 12.4. The van der Waals surface area contributed by atoms with Crippen LogP contribution in [0.2, 0.25) is 0 Å². The molecule has 0 radical (unpaired) electrons. The second-order valence-electron chi connectivity index (χ2n) is 12.5. The minimum absolute atomic E-state index is 0.642. The molecule has 0 saturated heterocycles. The number of hydrogen-bond acceptors (Lipinski definition) is 2. The van der Waals surface area contributed by atoms with E-state index in [2.05, 4.69) is 43.0 Å². The maximum Gasteiger partial charge on any atom is 0.101 e. The molecule has 0 spiro atoms. The van der Waals surface area contributed by atoms with E-state index in [1.165, 1.54) is 193 Å². The van der Waals surface area contributed by atoms with Gasteiger partial charge in [0, 0.05) is 25.5 Å². The van der Waals surface area contributed by atoms with Crippen LogP contribution in [0.5, 0.6) is 0 Å². The summed E-state index contributed by atoms with van der Waals surface area (Å²) in [5, 5.41) is 0. The zero-order valence-electron chi connectivity index (χ0n) is 26.8. The minimum atomic E-state index is 0.642.